The van der Waals surface area contributed by atoms with Crippen molar-refractivity contribution in [3.8, 4) is 0 Å². The Morgan fingerprint density at radius 1 is 0.640 bits per heavy atom. The normalized spacial score (nSPS) is 14.8. The van der Waals surface area contributed by atoms with Crippen LogP contribution in [0.4, 0.5) is 0 Å². The van der Waals surface area contributed by atoms with Crippen molar-refractivity contribution in [1.82, 2.24) is 0 Å². The highest BCUT2D eigenvalue weighted by Gasteiger charge is 2.20. The molecule has 0 aromatic rings. The molecule has 9 heteroatoms. The lowest BCUT2D eigenvalue weighted by molar-refractivity contribution is -0.870. The molecule has 0 N–H and O–H groups in total. The average molecular weight is 722 g/mol. The highest BCUT2D eigenvalue weighted by molar-refractivity contribution is 7.45. The summed E-state index contributed by atoms with van der Waals surface area (Å²) >= 11 is 0. The molecule has 0 radical (unpaired) electrons. The third kappa shape index (κ3) is 37.2. The molecule has 0 aliphatic rings. The summed E-state index contributed by atoms with van der Waals surface area (Å²) in [6.07, 6.45) is 42.1. The molecule has 0 bridgehead atoms. The van der Waals surface area contributed by atoms with Gasteiger partial charge in [-0.25, -0.2) is 0 Å². The van der Waals surface area contributed by atoms with Crippen LogP contribution in [0, 0.1) is 0 Å². The molecule has 2 atom stereocenters. The number of phosphoric acid groups is 1. The summed E-state index contributed by atoms with van der Waals surface area (Å²) in [7, 11) is 1.30. The number of hydrogen-bond acceptors (Lipinski definition) is 7. The zero-order chi connectivity index (χ0) is 37.0. The van der Waals surface area contributed by atoms with Crippen LogP contribution in [-0.4, -0.2) is 70.7 Å². The lowest BCUT2D eigenvalue weighted by Crippen LogP contribution is -2.37. The third-order valence-electron chi connectivity index (χ3n) is 7.49. The highest BCUT2D eigenvalue weighted by atomic mass is 31.2. The van der Waals surface area contributed by atoms with Crippen LogP contribution >= 0.6 is 7.82 Å². The van der Waals surface area contributed by atoms with Crippen molar-refractivity contribution in [3.63, 3.8) is 0 Å². The Hall–Kier alpha value is -2.06. The third-order valence-corrected chi connectivity index (χ3v) is 8.46. The van der Waals surface area contributed by atoms with Crippen LogP contribution in [0.3, 0.4) is 0 Å². The first kappa shape index (κ1) is 47.9. The molecule has 50 heavy (non-hydrogen) atoms. The number of likely N-dealkylation sites (N-methyl/N-ethyl adjacent to an activating group) is 1. The fourth-order valence-electron chi connectivity index (χ4n) is 4.51. The van der Waals surface area contributed by atoms with Crippen molar-refractivity contribution in [2.75, 3.05) is 54.1 Å². The Bertz CT molecular complexity index is 1030. The molecular formula is C41H72NO7P. The van der Waals surface area contributed by atoms with Crippen LogP contribution in [0.25, 0.3) is 0 Å². The Kier molecular flexibility index (Phi) is 32.6. The van der Waals surface area contributed by atoms with Crippen molar-refractivity contribution in [3.05, 3.63) is 72.9 Å². The number of quaternary nitrogens is 1. The van der Waals surface area contributed by atoms with Gasteiger partial charge in [0.1, 0.15) is 19.3 Å². The van der Waals surface area contributed by atoms with Gasteiger partial charge in [-0.1, -0.05) is 119 Å². The molecule has 0 aliphatic heterocycles. The van der Waals surface area contributed by atoms with E-state index in [0.717, 1.165) is 83.5 Å². The predicted octanol–water partition coefficient (Wildman–Crippen LogP) is 10.1. The van der Waals surface area contributed by atoms with Crippen molar-refractivity contribution in [1.29, 1.82) is 0 Å². The van der Waals surface area contributed by atoms with Crippen LogP contribution in [0.15, 0.2) is 72.9 Å². The van der Waals surface area contributed by atoms with Crippen molar-refractivity contribution < 1.29 is 37.3 Å². The predicted molar refractivity (Wildman–Crippen MR) is 208 cm³/mol. The van der Waals surface area contributed by atoms with E-state index in [9.17, 15) is 14.3 Å². The van der Waals surface area contributed by atoms with E-state index < -0.39 is 13.9 Å². The Labute approximate surface area is 306 Å². The number of unbranched alkanes of at least 4 members (excludes halogenated alkanes) is 8. The molecule has 0 spiro atoms. The first-order chi connectivity index (χ1) is 24.1. The van der Waals surface area contributed by atoms with Gasteiger partial charge in [0.05, 0.1) is 34.4 Å². The average Bonchev–Trinajstić information content (AvgIpc) is 3.06. The van der Waals surface area contributed by atoms with Crippen LogP contribution in [0.2, 0.25) is 0 Å². The van der Waals surface area contributed by atoms with Crippen molar-refractivity contribution >= 4 is 13.8 Å². The number of nitrogens with zero attached hydrogens (tertiary/aromatic N) is 1. The van der Waals surface area contributed by atoms with Crippen LogP contribution in [0.1, 0.15) is 123 Å². The number of phosphoric ester groups is 1. The van der Waals surface area contributed by atoms with Gasteiger partial charge in [0.25, 0.3) is 7.82 Å². The smallest absolute Gasteiger partial charge is 0.306 e. The number of allylic oxidation sites excluding steroid dienone is 12. The number of esters is 1. The molecule has 8 nitrogen and oxygen atoms in total. The Balaban J connectivity index is 4.45. The minimum Gasteiger partial charge on any atom is -0.756 e. The van der Waals surface area contributed by atoms with Gasteiger partial charge in [-0.05, 0) is 70.6 Å². The van der Waals surface area contributed by atoms with Crippen molar-refractivity contribution in [2.45, 2.75) is 129 Å². The quantitative estimate of drug-likeness (QED) is 0.0215. The van der Waals surface area contributed by atoms with Gasteiger partial charge in [0.15, 0.2) is 0 Å². The van der Waals surface area contributed by atoms with Gasteiger partial charge in [0, 0.05) is 13.0 Å². The number of carbonyl (C=O) groups is 1. The SMILES string of the molecule is CC/C=C\C/C=C\C/C=C\C/C=C\CCCOCC(COP(=O)([O-])OCC[N+](C)(C)C)OC(=O)CCCCCCC/C=C\C/C=C\CCCC. The second-order valence-electron chi connectivity index (χ2n) is 13.5. The molecule has 0 saturated carbocycles. The largest absolute Gasteiger partial charge is 0.756 e. The minimum absolute atomic E-state index is 0.00921. The van der Waals surface area contributed by atoms with E-state index in [1.54, 1.807) is 0 Å². The first-order valence-corrected chi connectivity index (χ1v) is 20.6. The molecule has 0 fully saturated rings. The molecular weight excluding hydrogens is 649 g/mol. The lowest BCUT2D eigenvalue weighted by Gasteiger charge is -2.28. The number of ether oxygens (including phenoxy) is 2. The van der Waals surface area contributed by atoms with E-state index in [1.165, 1.54) is 19.3 Å². The maximum absolute atomic E-state index is 12.6. The van der Waals surface area contributed by atoms with Gasteiger partial charge < -0.3 is 27.9 Å². The van der Waals surface area contributed by atoms with Gasteiger partial charge >= 0.3 is 5.97 Å². The second kappa shape index (κ2) is 34.0. The topological polar surface area (TPSA) is 94.1 Å². The van der Waals surface area contributed by atoms with E-state index in [4.69, 9.17) is 18.5 Å². The molecule has 0 amide bonds. The fraction of sp³-hybridized carbons (Fsp3) is 0.683. The van der Waals surface area contributed by atoms with Crippen LogP contribution in [-0.2, 0) is 27.9 Å². The minimum atomic E-state index is -4.54. The number of carbonyl (C=O) groups excluding carboxylic acids is 1. The monoisotopic (exact) mass is 722 g/mol. The Morgan fingerprint density at radius 3 is 1.74 bits per heavy atom. The van der Waals surface area contributed by atoms with Crippen LogP contribution < -0.4 is 4.89 Å². The maximum atomic E-state index is 12.6. The van der Waals surface area contributed by atoms with E-state index in [2.05, 4.69) is 86.8 Å². The standard InChI is InChI=1S/C41H72NO7P/c1-6-8-10-12-14-16-18-20-22-24-26-28-30-32-34-41(43)49-40(39-48-50(44,45)47-37-35-42(3,4)5)38-46-36-33-31-29-27-25-23-21-19-17-15-13-11-9-7-2/h9,11-12,14-15,17-18,20-21,23,27,29,40H,6-8,10,13,16,19,22,24-26,28,30-39H2,1-5H3/b11-9-,14-12-,17-15-,20-18-,23-21-,29-27-. The summed E-state index contributed by atoms with van der Waals surface area (Å²) in [6.45, 7) is 5.04. The molecule has 2 unspecified atom stereocenters. The summed E-state index contributed by atoms with van der Waals surface area (Å²) in [4.78, 5) is 24.9. The van der Waals surface area contributed by atoms with E-state index in [0.29, 0.717) is 17.6 Å². The second-order valence-corrected chi connectivity index (χ2v) is 15.0. The molecule has 0 heterocycles. The molecule has 0 rings (SSSR count). The highest BCUT2D eigenvalue weighted by Crippen LogP contribution is 2.38. The summed E-state index contributed by atoms with van der Waals surface area (Å²) in [6, 6.07) is 0. The number of rotatable bonds is 34. The van der Waals surface area contributed by atoms with Gasteiger partial charge in [-0.2, -0.15) is 0 Å². The van der Waals surface area contributed by atoms with Crippen LogP contribution in [0.5, 0.6) is 0 Å². The molecule has 0 aromatic heterocycles. The van der Waals surface area contributed by atoms with E-state index in [-0.39, 0.29) is 32.2 Å². The fourth-order valence-corrected chi connectivity index (χ4v) is 5.23. The molecule has 0 aromatic carbocycles. The maximum Gasteiger partial charge on any atom is 0.306 e. The summed E-state index contributed by atoms with van der Waals surface area (Å²) in [5.74, 6) is -0.372. The molecule has 0 saturated heterocycles. The Morgan fingerprint density at radius 2 is 1.16 bits per heavy atom. The zero-order valence-electron chi connectivity index (χ0n) is 32.3. The summed E-state index contributed by atoms with van der Waals surface area (Å²) in [5, 5.41) is 0. The van der Waals surface area contributed by atoms with E-state index in [1.807, 2.05) is 21.1 Å². The summed E-state index contributed by atoms with van der Waals surface area (Å²) < 4.78 is 34.3. The number of hydrogen-bond donors (Lipinski definition) is 0. The van der Waals surface area contributed by atoms with Gasteiger partial charge in [0.2, 0.25) is 0 Å². The zero-order valence-corrected chi connectivity index (χ0v) is 33.2. The van der Waals surface area contributed by atoms with Gasteiger partial charge in [-0.15, -0.1) is 0 Å². The lowest BCUT2D eigenvalue weighted by atomic mass is 10.1. The summed E-state index contributed by atoms with van der Waals surface area (Å²) in [5.41, 5.74) is 0. The molecule has 288 valence electrons. The van der Waals surface area contributed by atoms with Crippen molar-refractivity contribution in [2.24, 2.45) is 0 Å². The van der Waals surface area contributed by atoms with E-state index >= 15 is 0 Å². The van der Waals surface area contributed by atoms with Gasteiger partial charge in [-0.3, -0.25) is 9.36 Å². The molecule has 0 aliphatic carbocycles. The first-order valence-electron chi connectivity index (χ1n) is 19.2.